The summed E-state index contributed by atoms with van der Waals surface area (Å²) in [6, 6.07) is 51.2. The molecule has 0 saturated carbocycles. The molecular formula is C44H34. The summed E-state index contributed by atoms with van der Waals surface area (Å²) in [6.45, 7) is 4.62. The Bertz CT molecular complexity index is 2190. The molecule has 0 aliphatic heterocycles. The summed E-state index contributed by atoms with van der Waals surface area (Å²) in [6.07, 6.45) is 5.94. The molecule has 7 aromatic rings. The van der Waals surface area contributed by atoms with E-state index in [-0.39, 0.29) is 0 Å². The second-order valence-electron chi connectivity index (χ2n) is 12.1. The molecule has 0 nitrogen and oxygen atoms in total. The van der Waals surface area contributed by atoms with E-state index in [0.29, 0.717) is 5.92 Å². The van der Waals surface area contributed by atoms with Crippen molar-refractivity contribution in [3.8, 4) is 33.4 Å². The number of hydrogen-bond donors (Lipinski definition) is 0. The fourth-order valence-corrected chi connectivity index (χ4v) is 7.51. The lowest BCUT2D eigenvalue weighted by molar-refractivity contribution is 0.912. The van der Waals surface area contributed by atoms with Gasteiger partial charge >= 0.3 is 0 Å². The van der Waals surface area contributed by atoms with Crippen LogP contribution in [-0.4, -0.2) is 0 Å². The van der Waals surface area contributed by atoms with Crippen LogP contribution in [0.5, 0.6) is 0 Å². The third-order valence-electron chi connectivity index (χ3n) is 9.33. The smallest absolute Gasteiger partial charge is 0.000150 e. The van der Waals surface area contributed by atoms with Crippen molar-refractivity contribution in [2.45, 2.75) is 20.3 Å². The Morgan fingerprint density at radius 2 is 0.773 bits per heavy atom. The minimum absolute atomic E-state index is 0.313. The zero-order chi connectivity index (χ0) is 29.6. The van der Waals surface area contributed by atoms with Crippen LogP contribution in [0.15, 0.2) is 157 Å². The fourth-order valence-electron chi connectivity index (χ4n) is 7.51. The van der Waals surface area contributed by atoms with Crippen LogP contribution >= 0.6 is 0 Å². The van der Waals surface area contributed by atoms with Gasteiger partial charge < -0.3 is 0 Å². The van der Waals surface area contributed by atoms with Crippen molar-refractivity contribution in [3.63, 3.8) is 0 Å². The van der Waals surface area contributed by atoms with E-state index < -0.39 is 0 Å². The van der Waals surface area contributed by atoms with Gasteiger partial charge in [0.1, 0.15) is 0 Å². The van der Waals surface area contributed by atoms with E-state index in [4.69, 9.17) is 0 Å². The lowest BCUT2D eigenvalue weighted by Crippen LogP contribution is -2.05. The summed E-state index contributed by atoms with van der Waals surface area (Å²) in [7, 11) is 0. The first-order valence-electron chi connectivity index (χ1n) is 15.7. The summed E-state index contributed by atoms with van der Waals surface area (Å²) in [5.41, 5.74) is 11.9. The van der Waals surface area contributed by atoms with Crippen molar-refractivity contribution in [1.29, 1.82) is 0 Å². The molecule has 8 rings (SSSR count). The van der Waals surface area contributed by atoms with Gasteiger partial charge in [-0.25, -0.2) is 0 Å². The van der Waals surface area contributed by atoms with Crippen LogP contribution in [0.25, 0.3) is 71.3 Å². The van der Waals surface area contributed by atoms with Gasteiger partial charge in [-0.1, -0.05) is 164 Å². The third-order valence-corrected chi connectivity index (χ3v) is 9.33. The molecule has 7 aromatic carbocycles. The van der Waals surface area contributed by atoms with Crippen LogP contribution < -0.4 is 0 Å². The topological polar surface area (TPSA) is 0 Å². The molecule has 44 heavy (non-hydrogen) atoms. The molecular weight excluding hydrogens is 528 g/mol. The Morgan fingerprint density at radius 1 is 0.432 bits per heavy atom. The van der Waals surface area contributed by atoms with Gasteiger partial charge in [-0.05, 0) is 96.1 Å². The average molecular weight is 563 g/mol. The van der Waals surface area contributed by atoms with Gasteiger partial charge in [-0.2, -0.15) is 0 Å². The third kappa shape index (κ3) is 4.21. The highest BCUT2D eigenvalue weighted by Gasteiger charge is 2.27. The van der Waals surface area contributed by atoms with Crippen LogP contribution in [0, 0.1) is 5.92 Å². The lowest BCUT2D eigenvalue weighted by atomic mass is 9.75. The van der Waals surface area contributed by atoms with Crippen molar-refractivity contribution in [1.82, 2.24) is 0 Å². The number of allylic oxidation sites excluding steroid dienone is 4. The SMILES string of the molecule is CC1=CC(C)C(c2c3ccccc3c(-c3ccccc3)c3c(-c4ccccc4)c4ccccc4c(-c4ccccc4)c23)=CC1. The molecule has 0 heteroatoms. The van der Waals surface area contributed by atoms with E-state index in [1.54, 1.807) is 0 Å². The van der Waals surface area contributed by atoms with E-state index in [9.17, 15) is 0 Å². The second kappa shape index (κ2) is 10.8. The van der Waals surface area contributed by atoms with Gasteiger partial charge in [0.2, 0.25) is 0 Å². The molecule has 0 saturated heterocycles. The van der Waals surface area contributed by atoms with Gasteiger partial charge in [-0.3, -0.25) is 0 Å². The van der Waals surface area contributed by atoms with E-state index in [0.717, 1.165) is 6.42 Å². The molecule has 1 atom stereocenters. The van der Waals surface area contributed by atoms with Gasteiger partial charge in [-0.15, -0.1) is 0 Å². The van der Waals surface area contributed by atoms with Crippen molar-refractivity contribution >= 4 is 37.9 Å². The maximum absolute atomic E-state index is 2.50. The van der Waals surface area contributed by atoms with Crippen LogP contribution in [0.2, 0.25) is 0 Å². The minimum atomic E-state index is 0.313. The van der Waals surface area contributed by atoms with Gasteiger partial charge in [0.05, 0.1) is 0 Å². The number of fused-ring (bicyclic) bond motifs is 3. The Labute approximate surface area is 259 Å². The number of hydrogen-bond acceptors (Lipinski definition) is 0. The highest BCUT2D eigenvalue weighted by molar-refractivity contribution is 6.32. The highest BCUT2D eigenvalue weighted by atomic mass is 14.3. The first-order valence-corrected chi connectivity index (χ1v) is 15.7. The summed E-state index contributed by atoms with van der Waals surface area (Å²) < 4.78 is 0. The van der Waals surface area contributed by atoms with Crippen LogP contribution in [-0.2, 0) is 0 Å². The maximum Gasteiger partial charge on any atom is -0.000150 e. The predicted octanol–water partition coefficient (Wildman–Crippen LogP) is 12.5. The summed E-state index contributed by atoms with van der Waals surface area (Å²) in [4.78, 5) is 0. The number of benzene rings is 7. The van der Waals surface area contributed by atoms with Crippen molar-refractivity contribution in [3.05, 3.63) is 163 Å². The Balaban J connectivity index is 1.74. The van der Waals surface area contributed by atoms with Crippen molar-refractivity contribution in [2.75, 3.05) is 0 Å². The Morgan fingerprint density at radius 3 is 1.16 bits per heavy atom. The lowest BCUT2D eigenvalue weighted by Gasteiger charge is -2.28. The standard InChI is InChI=1S/C44H34/c1-29-26-27-34(30(2)28-29)42-38-25-15-14-24-37(38)40(32-18-8-4-9-19-32)43-39(31-16-6-3-7-17-31)35-22-12-13-23-36(35)41(44(42)43)33-20-10-5-11-21-33/h3-25,27-28,30H,26H2,1-2H3. The molecule has 0 aromatic heterocycles. The van der Waals surface area contributed by atoms with Crippen LogP contribution in [0.1, 0.15) is 25.8 Å². The Kier molecular flexibility index (Phi) is 6.50. The molecule has 1 aliphatic carbocycles. The van der Waals surface area contributed by atoms with E-state index in [1.165, 1.54) is 82.4 Å². The molecule has 0 amide bonds. The summed E-state index contributed by atoms with van der Waals surface area (Å²) >= 11 is 0. The zero-order valence-electron chi connectivity index (χ0n) is 25.2. The van der Waals surface area contributed by atoms with Gasteiger partial charge in [0, 0.05) is 0 Å². The molecule has 210 valence electrons. The average Bonchev–Trinajstić information content (AvgIpc) is 3.08. The Hall–Kier alpha value is -5.20. The zero-order valence-corrected chi connectivity index (χ0v) is 25.2. The largest absolute Gasteiger partial charge is 0.0780 e. The molecule has 0 spiro atoms. The van der Waals surface area contributed by atoms with E-state index >= 15 is 0 Å². The highest BCUT2D eigenvalue weighted by Crippen LogP contribution is 2.53. The van der Waals surface area contributed by atoms with Crippen LogP contribution in [0.3, 0.4) is 0 Å². The summed E-state index contributed by atoms with van der Waals surface area (Å²) in [5.74, 6) is 0.313. The van der Waals surface area contributed by atoms with Gasteiger partial charge in [0.25, 0.3) is 0 Å². The van der Waals surface area contributed by atoms with E-state index in [1.807, 2.05) is 0 Å². The predicted molar refractivity (Wildman–Crippen MR) is 191 cm³/mol. The molecule has 0 fully saturated rings. The van der Waals surface area contributed by atoms with Crippen LogP contribution in [0.4, 0.5) is 0 Å². The summed E-state index contributed by atoms with van der Waals surface area (Å²) in [5, 5.41) is 7.86. The van der Waals surface area contributed by atoms with Crippen molar-refractivity contribution < 1.29 is 0 Å². The molecule has 0 heterocycles. The molecule has 1 aliphatic rings. The molecule has 1 unspecified atom stereocenters. The minimum Gasteiger partial charge on any atom is -0.0780 e. The normalized spacial score (nSPS) is 15.0. The number of rotatable bonds is 4. The quantitative estimate of drug-likeness (QED) is 0.148. The van der Waals surface area contributed by atoms with E-state index in [2.05, 4.69) is 166 Å². The first kappa shape index (κ1) is 26.4. The van der Waals surface area contributed by atoms with Gasteiger partial charge in [0.15, 0.2) is 0 Å². The molecule has 0 radical (unpaired) electrons. The first-order chi connectivity index (χ1) is 21.7. The maximum atomic E-state index is 2.50. The fraction of sp³-hybridized carbons (Fsp3) is 0.0909. The monoisotopic (exact) mass is 562 g/mol. The second-order valence-corrected chi connectivity index (χ2v) is 12.1. The van der Waals surface area contributed by atoms with Crippen molar-refractivity contribution in [2.24, 2.45) is 5.92 Å². The molecule has 0 N–H and O–H groups in total. The molecule has 0 bridgehead atoms.